The van der Waals surface area contributed by atoms with Gasteiger partial charge in [0, 0.05) is 33.4 Å². The maximum Gasteiger partial charge on any atom is 0.113 e. The predicted molar refractivity (Wildman–Crippen MR) is 223 cm³/mol. The van der Waals surface area contributed by atoms with Gasteiger partial charge in [-0.2, -0.15) is 0 Å². The Morgan fingerprint density at radius 3 is 1.05 bits per heavy atom. The summed E-state index contributed by atoms with van der Waals surface area (Å²) in [5.41, 5.74) is 11.2. The number of aromatic nitrogens is 9. The Bertz CT molecular complexity index is 2350. The normalized spacial score (nSPS) is 10.6. The van der Waals surface area contributed by atoms with E-state index < -0.39 is 0 Å². The van der Waals surface area contributed by atoms with Gasteiger partial charge in [0.15, 0.2) is 0 Å². The molecule has 0 fully saturated rings. The lowest BCUT2D eigenvalue weighted by Gasteiger charge is -2.10. The zero-order valence-corrected chi connectivity index (χ0v) is 32.2. The van der Waals surface area contributed by atoms with Gasteiger partial charge in [-0.15, -0.1) is 15.3 Å². The average molecular weight is 751 g/mol. The first kappa shape index (κ1) is 38.1. The van der Waals surface area contributed by atoms with Crippen molar-refractivity contribution >= 4 is 0 Å². The summed E-state index contributed by atoms with van der Waals surface area (Å²) in [6.07, 6.45) is 5.90. The molecule has 12 heteroatoms. The second-order valence-corrected chi connectivity index (χ2v) is 13.3. The monoisotopic (exact) mass is 750 g/mol. The highest BCUT2D eigenvalue weighted by Crippen LogP contribution is 2.22. The van der Waals surface area contributed by atoms with Crippen LogP contribution in [0.4, 0.5) is 0 Å². The van der Waals surface area contributed by atoms with Crippen LogP contribution in [-0.4, -0.2) is 85.8 Å². The van der Waals surface area contributed by atoms with Gasteiger partial charge in [-0.3, -0.25) is 0 Å². The van der Waals surface area contributed by atoms with Gasteiger partial charge in [0.05, 0.1) is 57.9 Å². The van der Waals surface area contributed by atoms with Gasteiger partial charge >= 0.3 is 0 Å². The zero-order valence-electron chi connectivity index (χ0n) is 32.2. The summed E-state index contributed by atoms with van der Waals surface area (Å²) in [4.78, 5) is 0. The fraction of sp³-hybridized carbons (Fsp3) is 0.200. The van der Waals surface area contributed by atoms with E-state index in [1.54, 1.807) is 0 Å². The summed E-state index contributed by atoms with van der Waals surface area (Å²) in [6.45, 7) is 3.43. The van der Waals surface area contributed by atoms with Crippen LogP contribution in [0.5, 0.6) is 0 Å². The third kappa shape index (κ3) is 10.5. The summed E-state index contributed by atoms with van der Waals surface area (Å²) < 4.78 is 5.58. The summed E-state index contributed by atoms with van der Waals surface area (Å²) in [5, 5.41) is 36.1. The Kier molecular flexibility index (Phi) is 12.7. The third-order valence-corrected chi connectivity index (χ3v) is 8.73. The molecule has 0 aliphatic rings. The van der Waals surface area contributed by atoms with E-state index in [0.717, 1.165) is 67.2 Å². The minimum absolute atomic E-state index is 0.517. The number of hydrogen-bond acceptors (Lipinski definition) is 9. The molecule has 282 valence electrons. The number of nitrogens with one attached hydrogen (secondary N) is 3. The number of rotatable bonds is 12. The van der Waals surface area contributed by atoms with Gasteiger partial charge in [0.1, 0.15) is 17.1 Å². The molecule has 7 rings (SSSR count). The number of hydrogen-bond donors (Lipinski definition) is 3. The first-order valence-electron chi connectivity index (χ1n) is 18.6. The molecular weight excluding hydrogens is 709 g/mol. The van der Waals surface area contributed by atoms with Crippen molar-refractivity contribution in [2.75, 3.05) is 40.8 Å². The highest BCUT2D eigenvalue weighted by atomic mass is 15.4. The maximum atomic E-state index is 4.50. The number of nitrogens with zero attached hydrogens (tertiary/aromatic N) is 9. The molecule has 7 aromatic rings. The zero-order chi connectivity index (χ0) is 39.2. The van der Waals surface area contributed by atoms with E-state index in [4.69, 9.17) is 0 Å². The van der Waals surface area contributed by atoms with Crippen molar-refractivity contribution in [2.45, 2.75) is 19.6 Å². The lowest BCUT2D eigenvalue weighted by Crippen LogP contribution is -2.07. The summed E-state index contributed by atoms with van der Waals surface area (Å²) in [5.74, 6) is 18.9. The summed E-state index contributed by atoms with van der Waals surface area (Å²) >= 11 is 0. The van der Waals surface area contributed by atoms with Crippen LogP contribution in [0, 0.1) is 35.5 Å². The molecule has 0 atom stereocenters. The van der Waals surface area contributed by atoms with E-state index in [2.05, 4.69) is 101 Å². The molecule has 0 saturated heterocycles. The van der Waals surface area contributed by atoms with Crippen LogP contribution in [0.2, 0.25) is 0 Å². The Morgan fingerprint density at radius 1 is 0.439 bits per heavy atom. The molecular formula is C45H42N12. The minimum Gasteiger partial charge on any atom is -0.309 e. The smallest absolute Gasteiger partial charge is 0.113 e. The van der Waals surface area contributed by atoms with E-state index in [9.17, 15) is 0 Å². The Hall–Kier alpha value is -7.14. The molecule has 4 aromatic carbocycles. The maximum absolute atomic E-state index is 4.50. The van der Waals surface area contributed by atoms with Crippen LogP contribution in [0.15, 0.2) is 110 Å². The fourth-order valence-corrected chi connectivity index (χ4v) is 6.17. The van der Waals surface area contributed by atoms with Crippen molar-refractivity contribution in [3.05, 3.63) is 143 Å². The van der Waals surface area contributed by atoms with E-state index >= 15 is 0 Å². The molecule has 0 unspecified atom stereocenters. The molecule has 0 aliphatic carbocycles. The van der Waals surface area contributed by atoms with Crippen molar-refractivity contribution in [3.8, 4) is 69.3 Å². The minimum atomic E-state index is 0.517. The summed E-state index contributed by atoms with van der Waals surface area (Å²) in [7, 11) is 5.64. The second kappa shape index (κ2) is 18.9. The lowest BCUT2D eigenvalue weighted by molar-refractivity contribution is 0.628. The van der Waals surface area contributed by atoms with E-state index in [1.165, 1.54) is 0 Å². The van der Waals surface area contributed by atoms with Gasteiger partial charge in [0.25, 0.3) is 0 Å². The largest absolute Gasteiger partial charge is 0.309 e. The molecule has 0 spiro atoms. The van der Waals surface area contributed by atoms with Crippen molar-refractivity contribution in [3.63, 3.8) is 0 Å². The van der Waals surface area contributed by atoms with Crippen molar-refractivity contribution in [1.82, 2.24) is 60.9 Å². The van der Waals surface area contributed by atoms with Crippen molar-refractivity contribution in [1.29, 1.82) is 0 Å². The van der Waals surface area contributed by atoms with Gasteiger partial charge in [-0.05, 0) is 74.2 Å². The van der Waals surface area contributed by atoms with Crippen LogP contribution in [0.25, 0.3) is 33.8 Å². The average Bonchev–Trinajstić information content (AvgIpc) is 4.01. The van der Waals surface area contributed by atoms with Crippen LogP contribution in [0.1, 0.15) is 33.4 Å². The van der Waals surface area contributed by atoms with E-state index in [0.29, 0.717) is 39.3 Å². The van der Waals surface area contributed by atoms with Gasteiger partial charge < -0.3 is 16.0 Å². The Morgan fingerprint density at radius 2 is 0.754 bits per heavy atom. The van der Waals surface area contributed by atoms with E-state index in [1.807, 2.05) is 127 Å². The molecule has 0 aliphatic heterocycles. The molecule has 3 aromatic heterocycles. The van der Waals surface area contributed by atoms with Crippen LogP contribution in [0.3, 0.4) is 0 Å². The quantitative estimate of drug-likeness (QED) is 0.157. The third-order valence-electron chi connectivity index (χ3n) is 8.73. The van der Waals surface area contributed by atoms with Gasteiger partial charge in [-0.1, -0.05) is 106 Å². The second-order valence-electron chi connectivity index (χ2n) is 13.3. The molecule has 3 heterocycles. The number of benzene rings is 4. The Labute approximate surface area is 332 Å². The molecule has 0 bridgehead atoms. The highest BCUT2D eigenvalue weighted by molar-refractivity contribution is 5.62. The van der Waals surface area contributed by atoms with Crippen LogP contribution >= 0.6 is 0 Å². The first-order valence-corrected chi connectivity index (χ1v) is 18.6. The standard InChI is InChI=1S/C45H42N12/c1-46-19-7-13-34-10-4-16-40(25-34)43-31-55(52-49-43)28-37-22-38(29-56-32-44(50-53-56)41-17-5-11-35(26-41)14-8-20-47-2)24-39(23-37)30-57-33-45(51-54-57)42-18-6-12-36(27-42)15-9-21-48-3/h4-6,10-12,16-18,22-27,31-33,46-48H,19-21,28-30H2,1-3H3. The molecule has 0 amide bonds. The molecule has 0 radical (unpaired) electrons. The van der Waals surface area contributed by atoms with Crippen LogP contribution in [-0.2, 0) is 19.6 Å². The van der Waals surface area contributed by atoms with Crippen molar-refractivity contribution in [2.24, 2.45) is 0 Å². The molecule has 57 heavy (non-hydrogen) atoms. The Balaban J connectivity index is 1.14. The molecule has 3 N–H and O–H groups in total. The lowest BCUT2D eigenvalue weighted by atomic mass is 10.0. The predicted octanol–water partition coefficient (Wildman–Crippen LogP) is 4.32. The molecule has 0 saturated carbocycles. The fourth-order valence-electron chi connectivity index (χ4n) is 6.17. The highest BCUT2D eigenvalue weighted by Gasteiger charge is 2.12. The first-order chi connectivity index (χ1) is 28.0. The van der Waals surface area contributed by atoms with E-state index in [-0.39, 0.29) is 0 Å². The topological polar surface area (TPSA) is 128 Å². The van der Waals surface area contributed by atoms with Gasteiger partial charge in [0.2, 0.25) is 0 Å². The summed E-state index contributed by atoms with van der Waals surface area (Å²) in [6, 6.07) is 30.7. The van der Waals surface area contributed by atoms with Crippen molar-refractivity contribution < 1.29 is 0 Å². The molecule has 12 nitrogen and oxygen atoms in total. The van der Waals surface area contributed by atoms with Gasteiger partial charge in [-0.25, -0.2) is 14.0 Å². The van der Waals surface area contributed by atoms with Crippen LogP contribution < -0.4 is 16.0 Å². The SMILES string of the molecule is CNCC#Cc1cccc(-c2cn(Cc3cc(Cn4cc(-c5cccc(C#CCNC)c5)nn4)cc(Cn4cc(-c5cccc(C#CCNC)c5)nn4)c3)nn2)c1.